The maximum absolute atomic E-state index is 7.02. The summed E-state index contributed by atoms with van der Waals surface area (Å²) in [4.78, 5) is 21.0. The molecule has 13 rings (SSSR count). The molecule has 0 bridgehead atoms. The fraction of sp³-hybridized carbons (Fsp3) is 0. The first-order valence-corrected chi connectivity index (χ1v) is 22.8. The van der Waals surface area contributed by atoms with E-state index in [0.29, 0.717) is 23.2 Å². The zero-order valence-electron chi connectivity index (χ0n) is 36.7. The first-order valence-electron chi connectivity index (χ1n) is 22.8. The van der Waals surface area contributed by atoms with Gasteiger partial charge in [-0.1, -0.05) is 182 Å². The molecule has 68 heavy (non-hydrogen) atoms. The van der Waals surface area contributed by atoms with Gasteiger partial charge in [-0.3, -0.25) is 4.98 Å². The molecule has 0 aliphatic carbocycles. The molecule has 0 aliphatic heterocycles. The number of rotatable bonds is 8. The Morgan fingerprint density at radius 3 is 1.56 bits per heavy atom. The standard InChI is InChI=1S/C62H39N5O/c1-6-19-40(20-7-1)47-34-33-44(35-51(47)41-21-8-2-9-22-41)45-36-54(62-65-60(42-23-10-3-11-24-42)64-61(66-62)43-25-12-4-13-26-43)58(63-39-45)50-31-18-30-49-53-37-56-52(38-57(53)68-59(49)50)48-29-16-17-32-55(48)67(56)46-27-14-5-15-28-46/h1-39H. The van der Waals surface area contributed by atoms with Crippen LogP contribution in [0.2, 0.25) is 0 Å². The molecule has 4 heterocycles. The SMILES string of the molecule is c1ccc(-c2nc(-c3ccccc3)nc(-c3cc(-c4ccc(-c5ccccc5)c(-c5ccccc5)c4)cnc3-c3cccc4c3oc3cc5c6ccccc6n(-c6ccccc6)c5cc34)n2)cc1. The zero-order chi connectivity index (χ0) is 45.0. The lowest BCUT2D eigenvalue weighted by Gasteiger charge is -2.15. The van der Waals surface area contributed by atoms with E-state index < -0.39 is 0 Å². The Hall–Kier alpha value is -9.26. The number of aromatic nitrogens is 5. The maximum atomic E-state index is 7.02. The van der Waals surface area contributed by atoms with Crippen molar-refractivity contribution in [1.29, 1.82) is 0 Å². The summed E-state index contributed by atoms with van der Waals surface area (Å²) in [6.07, 6.45) is 1.97. The second kappa shape index (κ2) is 16.3. The van der Waals surface area contributed by atoms with Gasteiger partial charge in [-0.05, 0) is 76.3 Å². The molecule has 0 amide bonds. The van der Waals surface area contributed by atoms with Gasteiger partial charge in [0.05, 0.1) is 16.7 Å². The van der Waals surface area contributed by atoms with Crippen molar-refractivity contribution in [2.75, 3.05) is 0 Å². The molecule has 6 nitrogen and oxygen atoms in total. The summed E-state index contributed by atoms with van der Waals surface area (Å²) < 4.78 is 9.36. The van der Waals surface area contributed by atoms with Crippen LogP contribution in [0.4, 0.5) is 0 Å². The zero-order valence-corrected chi connectivity index (χ0v) is 36.7. The molecule has 0 unspecified atom stereocenters. The van der Waals surface area contributed by atoms with Crippen molar-refractivity contribution < 1.29 is 4.42 Å². The van der Waals surface area contributed by atoms with E-state index >= 15 is 0 Å². The summed E-state index contributed by atoms with van der Waals surface area (Å²) in [6.45, 7) is 0. The summed E-state index contributed by atoms with van der Waals surface area (Å²) in [6, 6.07) is 80.1. The number of pyridine rings is 1. The van der Waals surface area contributed by atoms with Crippen LogP contribution in [0.3, 0.4) is 0 Å². The lowest BCUT2D eigenvalue weighted by atomic mass is 9.91. The molecule has 0 N–H and O–H groups in total. The molecule has 6 heteroatoms. The molecule has 0 radical (unpaired) electrons. The van der Waals surface area contributed by atoms with Crippen LogP contribution in [0, 0.1) is 0 Å². The highest BCUT2D eigenvalue weighted by molar-refractivity contribution is 6.18. The number of hydrogen-bond donors (Lipinski definition) is 0. The molecular weight excluding hydrogens is 831 g/mol. The highest BCUT2D eigenvalue weighted by Gasteiger charge is 2.23. The third kappa shape index (κ3) is 6.74. The van der Waals surface area contributed by atoms with Gasteiger partial charge in [-0.25, -0.2) is 15.0 Å². The first-order chi connectivity index (χ1) is 33.7. The normalized spacial score (nSPS) is 11.5. The molecule has 0 saturated carbocycles. The number of furan rings is 1. The van der Waals surface area contributed by atoms with Crippen LogP contribution in [-0.2, 0) is 0 Å². The van der Waals surface area contributed by atoms with E-state index in [-0.39, 0.29) is 0 Å². The van der Waals surface area contributed by atoms with E-state index in [1.54, 1.807) is 0 Å². The van der Waals surface area contributed by atoms with Gasteiger partial charge in [0.15, 0.2) is 17.5 Å². The van der Waals surface area contributed by atoms with Gasteiger partial charge < -0.3 is 8.98 Å². The van der Waals surface area contributed by atoms with Crippen LogP contribution in [-0.4, -0.2) is 24.5 Å². The second-order valence-corrected chi connectivity index (χ2v) is 17.0. The predicted molar refractivity (Wildman–Crippen MR) is 277 cm³/mol. The molecular formula is C62H39N5O. The molecule has 0 aliphatic rings. The predicted octanol–water partition coefficient (Wildman–Crippen LogP) is 15.9. The van der Waals surface area contributed by atoms with Gasteiger partial charge in [0.2, 0.25) is 0 Å². The van der Waals surface area contributed by atoms with Crippen molar-refractivity contribution in [2.45, 2.75) is 0 Å². The van der Waals surface area contributed by atoms with Gasteiger partial charge in [0, 0.05) is 61.2 Å². The van der Waals surface area contributed by atoms with E-state index in [1.807, 2.05) is 66.9 Å². The molecule has 318 valence electrons. The van der Waals surface area contributed by atoms with E-state index in [9.17, 15) is 0 Å². The van der Waals surface area contributed by atoms with Gasteiger partial charge in [-0.2, -0.15) is 0 Å². The molecule has 0 fully saturated rings. The lowest BCUT2D eigenvalue weighted by Crippen LogP contribution is -2.02. The summed E-state index contributed by atoms with van der Waals surface area (Å²) >= 11 is 0. The van der Waals surface area contributed by atoms with Crippen LogP contribution >= 0.6 is 0 Å². The molecule has 0 spiro atoms. The Morgan fingerprint density at radius 2 is 0.882 bits per heavy atom. The van der Waals surface area contributed by atoms with Crippen molar-refractivity contribution in [3.63, 3.8) is 0 Å². The quantitative estimate of drug-likeness (QED) is 0.152. The Kier molecular flexibility index (Phi) is 9.39. The monoisotopic (exact) mass is 869 g/mol. The van der Waals surface area contributed by atoms with Crippen molar-refractivity contribution in [1.82, 2.24) is 24.5 Å². The van der Waals surface area contributed by atoms with Gasteiger partial charge in [-0.15, -0.1) is 0 Å². The van der Waals surface area contributed by atoms with Crippen LogP contribution in [0.25, 0.3) is 128 Å². The highest BCUT2D eigenvalue weighted by atomic mass is 16.3. The Balaban J connectivity index is 1.06. The Bertz CT molecular complexity index is 3940. The van der Waals surface area contributed by atoms with Crippen molar-refractivity contribution in [3.05, 3.63) is 237 Å². The molecule has 0 saturated heterocycles. The topological polar surface area (TPSA) is 69.6 Å². The molecule has 0 atom stereocenters. The summed E-state index contributed by atoms with van der Waals surface area (Å²) in [5, 5.41) is 4.31. The Morgan fingerprint density at radius 1 is 0.324 bits per heavy atom. The molecule has 13 aromatic rings. The average molecular weight is 870 g/mol. The maximum Gasteiger partial charge on any atom is 0.166 e. The first kappa shape index (κ1) is 39.1. The average Bonchev–Trinajstić information content (AvgIpc) is 3.96. The number of nitrogens with zero attached hydrogens (tertiary/aromatic N) is 5. The largest absolute Gasteiger partial charge is 0.455 e. The Labute approximate surface area is 392 Å². The minimum Gasteiger partial charge on any atom is -0.455 e. The van der Waals surface area contributed by atoms with Gasteiger partial charge in [0.25, 0.3) is 0 Å². The fourth-order valence-corrected chi connectivity index (χ4v) is 9.69. The van der Waals surface area contributed by atoms with E-state index in [1.165, 1.54) is 5.39 Å². The van der Waals surface area contributed by atoms with E-state index in [4.69, 9.17) is 24.4 Å². The second-order valence-electron chi connectivity index (χ2n) is 17.0. The van der Waals surface area contributed by atoms with Crippen LogP contribution in [0.15, 0.2) is 241 Å². The highest BCUT2D eigenvalue weighted by Crippen LogP contribution is 2.44. The van der Waals surface area contributed by atoms with Crippen molar-refractivity contribution >= 4 is 43.7 Å². The summed E-state index contributed by atoms with van der Waals surface area (Å²) in [5.41, 5.74) is 15.5. The number of hydrogen-bond acceptors (Lipinski definition) is 5. The molecule has 9 aromatic carbocycles. The number of benzene rings is 9. The summed E-state index contributed by atoms with van der Waals surface area (Å²) in [5.74, 6) is 1.65. The van der Waals surface area contributed by atoms with Crippen molar-refractivity contribution in [2.24, 2.45) is 0 Å². The molecule has 4 aromatic heterocycles. The minimum atomic E-state index is 0.508. The smallest absolute Gasteiger partial charge is 0.166 e. The van der Waals surface area contributed by atoms with Gasteiger partial charge >= 0.3 is 0 Å². The minimum absolute atomic E-state index is 0.508. The van der Waals surface area contributed by atoms with Crippen LogP contribution in [0.5, 0.6) is 0 Å². The van der Waals surface area contributed by atoms with Crippen LogP contribution < -0.4 is 0 Å². The number of para-hydroxylation sites is 3. The third-order valence-electron chi connectivity index (χ3n) is 12.9. The van der Waals surface area contributed by atoms with Gasteiger partial charge in [0.1, 0.15) is 11.2 Å². The third-order valence-corrected chi connectivity index (χ3v) is 12.9. The number of fused-ring (bicyclic) bond motifs is 6. The van der Waals surface area contributed by atoms with E-state index in [2.05, 4.69) is 174 Å². The van der Waals surface area contributed by atoms with Crippen LogP contribution in [0.1, 0.15) is 0 Å². The fourth-order valence-electron chi connectivity index (χ4n) is 9.69. The summed E-state index contributed by atoms with van der Waals surface area (Å²) in [7, 11) is 0. The van der Waals surface area contributed by atoms with E-state index in [0.717, 1.165) is 99.7 Å². The lowest BCUT2D eigenvalue weighted by molar-refractivity contribution is 0.670. The van der Waals surface area contributed by atoms with Crippen molar-refractivity contribution in [3.8, 4) is 84.5 Å².